The van der Waals surface area contributed by atoms with Gasteiger partial charge in [-0.05, 0) is 76.9 Å². The number of ether oxygens (including phenoxy) is 1. The van der Waals surface area contributed by atoms with Crippen LogP contribution in [0.4, 0.5) is 0 Å². The molecule has 21 heavy (non-hydrogen) atoms. The molecule has 3 rings (SSSR count). The normalized spacial score (nSPS) is 15.9. The van der Waals surface area contributed by atoms with Crippen molar-refractivity contribution in [2.45, 2.75) is 12.8 Å². The molecule has 0 radical (unpaired) electrons. The van der Waals surface area contributed by atoms with Gasteiger partial charge in [0.2, 0.25) is 0 Å². The van der Waals surface area contributed by atoms with Crippen molar-refractivity contribution in [1.29, 1.82) is 0 Å². The first-order valence-corrected chi connectivity index (χ1v) is 7.78. The average molecular weight is 391 g/mol. The smallest absolute Gasteiger partial charge is 0.189 e. The first kappa shape index (κ1) is 14.3. The van der Waals surface area contributed by atoms with E-state index in [4.69, 9.17) is 4.74 Å². The summed E-state index contributed by atoms with van der Waals surface area (Å²) in [6.45, 7) is 0. The molecule has 0 fully saturated rings. The SMILES string of the molecule is COc1ccc2c(c1)CC/C(=C\c1ccncc1I)C2=O. The van der Waals surface area contributed by atoms with Gasteiger partial charge in [0.25, 0.3) is 0 Å². The van der Waals surface area contributed by atoms with Crippen LogP contribution in [0.5, 0.6) is 5.75 Å². The monoisotopic (exact) mass is 391 g/mol. The highest BCUT2D eigenvalue weighted by Gasteiger charge is 2.22. The summed E-state index contributed by atoms with van der Waals surface area (Å²) in [5.74, 6) is 0.921. The number of methoxy groups -OCH3 is 1. The molecule has 1 aromatic heterocycles. The van der Waals surface area contributed by atoms with Crippen LogP contribution in [-0.4, -0.2) is 17.9 Å². The Kier molecular flexibility index (Phi) is 4.05. The summed E-state index contributed by atoms with van der Waals surface area (Å²) in [6.07, 6.45) is 7.17. The molecule has 1 aliphatic carbocycles. The van der Waals surface area contributed by atoms with Crippen LogP contribution in [-0.2, 0) is 6.42 Å². The first-order chi connectivity index (χ1) is 10.2. The van der Waals surface area contributed by atoms with Crippen molar-refractivity contribution in [1.82, 2.24) is 4.98 Å². The number of aryl methyl sites for hydroxylation is 1. The number of aromatic nitrogens is 1. The van der Waals surface area contributed by atoms with Crippen molar-refractivity contribution in [3.05, 3.63) is 62.5 Å². The molecule has 0 amide bonds. The van der Waals surface area contributed by atoms with Crippen LogP contribution < -0.4 is 4.74 Å². The van der Waals surface area contributed by atoms with Gasteiger partial charge in [0.1, 0.15) is 5.75 Å². The molecule has 0 atom stereocenters. The topological polar surface area (TPSA) is 39.2 Å². The summed E-state index contributed by atoms with van der Waals surface area (Å²) in [4.78, 5) is 16.7. The van der Waals surface area contributed by atoms with E-state index in [9.17, 15) is 4.79 Å². The Morgan fingerprint density at radius 3 is 2.90 bits per heavy atom. The molecule has 0 saturated carbocycles. The van der Waals surface area contributed by atoms with Gasteiger partial charge in [-0.3, -0.25) is 9.78 Å². The number of allylic oxidation sites excluding steroid dienone is 1. The van der Waals surface area contributed by atoms with Gasteiger partial charge in [-0.15, -0.1) is 0 Å². The fourth-order valence-electron chi connectivity index (χ4n) is 2.51. The average Bonchev–Trinajstić information content (AvgIpc) is 2.51. The first-order valence-electron chi connectivity index (χ1n) is 6.71. The van der Waals surface area contributed by atoms with Gasteiger partial charge in [0, 0.05) is 27.1 Å². The van der Waals surface area contributed by atoms with Gasteiger partial charge in [-0.2, -0.15) is 0 Å². The Morgan fingerprint density at radius 2 is 2.14 bits per heavy atom. The van der Waals surface area contributed by atoms with Crippen LogP contribution in [0.1, 0.15) is 27.9 Å². The van der Waals surface area contributed by atoms with Gasteiger partial charge in [-0.1, -0.05) is 0 Å². The minimum absolute atomic E-state index is 0.117. The third-order valence-electron chi connectivity index (χ3n) is 3.65. The summed E-state index contributed by atoms with van der Waals surface area (Å²) < 4.78 is 6.27. The van der Waals surface area contributed by atoms with Crippen LogP contribution in [0, 0.1) is 3.57 Å². The highest BCUT2D eigenvalue weighted by molar-refractivity contribution is 14.1. The fourth-order valence-corrected chi connectivity index (χ4v) is 3.01. The van der Waals surface area contributed by atoms with E-state index < -0.39 is 0 Å². The molecular weight excluding hydrogens is 377 g/mol. The molecule has 1 heterocycles. The number of halogens is 1. The van der Waals surface area contributed by atoms with Crippen molar-refractivity contribution < 1.29 is 9.53 Å². The quantitative estimate of drug-likeness (QED) is 0.576. The molecular formula is C17H14INO2. The Balaban J connectivity index is 1.98. The predicted molar refractivity (Wildman–Crippen MR) is 90.6 cm³/mol. The van der Waals surface area contributed by atoms with Crippen LogP contribution in [0.25, 0.3) is 6.08 Å². The third-order valence-corrected chi connectivity index (χ3v) is 4.55. The van der Waals surface area contributed by atoms with Crippen LogP contribution >= 0.6 is 22.6 Å². The standard InChI is InChI=1S/C17H14INO2/c1-21-14-4-5-15-11(9-14)2-3-13(17(15)20)8-12-6-7-19-10-16(12)18/h4-10H,2-3H2,1H3/b13-8+. The highest BCUT2D eigenvalue weighted by Crippen LogP contribution is 2.29. The second-order valence-electron chi connectivity index (χ2n) is 4.92. The zero-order valence-corrected chi connectivity index (χ0v) is 13.8. The number of benzene rings is 1. The lowest BCUT2D eigenvalue weighted by molar-refractivity contribution is 0.102. The molecule has 0 N–H and O–H groups in total. The molecule has 3 nitrogen and oxygen atoms in total. The number of nitrogens with zero attached hydrogens (tertiary/aromatic N) is 1. The van der Waals surface area contributed by atoms with Gasteiger partial charge in [0.05, 0.1) is 7.11 Å². The van der Waals surface area contributed by atoms with E-state index in [2.05, 4.69) is 27.6 Å². The van der Waals surface area contributed by atoms with E-state index in [1.54, 1.807) is 19.5 Å². The molecule has 0 bridgehead atoms. The summed E-state index contributed by atoms with van der Waals surface area (Å²) in [5.41, 5.74) is 3.76. The number of carbonyl (C=O) groups is 1. The van der Waals surface area contributed by atoms with E-state index in [1.807, 2.05) is 30.3 Å². The lowest BCUT2D eigenvalue weighted by Crippen LogP contribution is -2.14. The molecule has 0 aliphatic heterocycles. The second kappa shape index (κ2) is 5.97. The number of ketones is 1. The molecule has 0 spiro atoms. The lowest BCUT2D eigenvalue weighted by atomic mass is 9.86. The van der Waals surface area contributed by atoms with E-state index >= 15 is 0 Å². The number of hydrogen-bond acceptors (Lipinski definition) is 3. The molecule has 106 valence electrons. The maximum Gasteiger partial charge on any atom is 0.189 e. The largest absolute Gasteiger partial charge is 0.497 e. The van der Waals surface area contributed by atoms with E-state index in [1.165, 1.54) is 0 Å². The van der Waals surface area contributed by atoms with Gasteiger partial charge >= 0.3 is 0 Å². The molecule has 0 unspecified atom stereocenters. The van der Waals surface area contributed by atoms with Crippen molar-refractivity contribution in [2.24, 2.45) is 0 Å². The molecule has 1 aromatic carbocycles. The maximum absolute atomic E-state index is 12.6. The predicted octanol–water partition coefficient (Wildman–Crippen LogP) is 3.91. The second-order valence-corrected chi connectivity index (χ2v) is 6.08. The van der Waals surface area contributed by atoms with Gasteiger partial charge < -0.3 is 4.74 Å². The number of rotatable bonds is 2. The Hall–Kier alpha value is -1.69. The van der Waals surface area contributed by atoms with Crippen molar-refractivity contribution in [3.8, 4) is 5.75 Å². The number of hydrogen-bond donors (Lipinski definition) is 0. The number of fused-ring (bicyclic) bond motifs is 1. The van der Waals surface area contributed by atoms with Crippen molar-refractivity contribution in [3.63, 3.8) is 0 Å². The van der Waals surface area contributed by atoms with E-state index in [0.717, 1.165) is 44.4 Å². The summed E-state index contributed by atoms with van der Waals surface area (Å²) in [6, 6.07) is 7.60. The maximum atomic E-state index is 12.6. The molecule has 4 heteroatoms. The van der Waals surface area contributed by atoms with E-state index in [0.29, 0.717) is 0 Å². The van der Waals surface area contributed by atoms with Crippen LogP contribution in [0.3, 0.4) is 0 Å². The fraction of sp³-hybridized carbons (Fsp3) is 0.176. The van der Waals surface area contributed by atoms with Crippen LogP contribution in [0.2, 0.25) is 0 Å². The Bertz CT molecular complexity index is 737. The molecule has 2 aromatic rings. The zero-order chi connectivity index (χ0) is 14.8. The third kappa shape index (κ3) is 2.85. The van der Waals surface area contributed by atoms with Gasteiger partial charge in [0.15, 0.2) is 5.78 Å². The number of carbonyl (C=O) groups excluding carboxylic acids is 1. The van der Waals surface area contributed by atoms with E-state index in [-0.39, 0.29) is 5.78 Å². The van der Waals surface area contributed by atoms with Crippen LogP contribution in [0.15, 0.2) is 42.2 Å². The summed E-state index contributed by atoms with van der Waals surface area (Å²) in [5, 5.41) is 0. The lowest BCUT2D eigenvalue weighted by Gasteiger charge is -2.18. The Morgan fingerprint density at radius 1 is 1.29 bits per heavy atom. The summed E-state index contributed by atoms with van der Waals surface area (Å²) in [7, 11) is 1.64. The van der Waals surface area contributed by atoms with Crippen molar-refractivity contribution >= 4 is 34.5 Å². The minimum Gasteiger partial charge on any atom is -0.497 e. The zero-order valence-electron chi connectivity index (χ0n) is 11.6. The summed E-state index contributed by atoms with van der Waals surface area (Å²) >= 11 is 2.24. The number of Topliss-reactive ketones (excluding diaryl/α,β-unsaturated/α-hetero) is 1. The molecule has 0 saturated heterocycles. The number of pyridine rings is 1. The highest BCUT2D eigenvalue weighted by atomic mass is 127. The van der Waals surface area contributed by atoms with Crippen molar-refractivity contribution in [2.75, 3.05) is 7.11 Å². The Labute approximate surface area is 137 Å². The minimum atomic E-state index is 0.117. The molecule has 1 aliphatic rings. The van der Waals surface area contributed by atoms with Gasteiger partial charge in [-0.25, -0.2) is 0 Å².